The fourth-order valence-corrected chi connectivity index (χ4v) is 2.47. The first-order valence-corrected chi connectivity index (χ1v) is 6.97. The molecule has 1 amide bonds. The van der Waals surface area contributed by atoms with Crippen LogP contribution in [0.2, 0.25) is 0 Å². The van der Waals surface area contributed by atoms with Crippen molar-refractivity contribution in [2.45, 2.75) is 12.8 Å². The van der Waals surface area contributed by atoms with Crippen molar-refractivity contribution in [1.82, 2.24) is 4.90 Å². The minimum atomic E-state index is -0.899. The maximum absolute atomic E-state index is 12.1. The zero-order valence-electron chi connectivity index (χ0n) is 11.9. The maximum Gasteiger partial charge on any atom is 0.308 e. The molecule has 0 radical (unpaired) electrons. The molecule has 8 nitrogen and oxygen atoms in total. The summed E-state index contributed by atoms with van der Waals surface area (Å²) in [6.07, 6.45) is 1.21. The summed E-state index contributed by atoms with van der Waals surface area (Å²) in [5.41, 5.74) is 0.171. The molecule has 0 bridgehead atoms. The molecule has 1 unspecified atom stereocenters. The Morgan fingerprint density at radius 3 is 2.82 bits per heavy atom. The van der Waals surface area contributed by atoms with Crippen LogP contribution in [-0.4, -0.2) is 46.4 Å². The lowest BCUT2D eigenvalue weighted by Crippen LogP contribution is -2.44. The molecule has 1 aromatic rings. The lowest BCUT2D eigenvalue weighted by Gasteiger charge is -2.30. The van der Waals surface area contributed by atoms with Crippen LogP contribution in [0.1, 0.15) is 12.8 Å². The van der Waals surface area contributed by atoms with E-state index in [4.69, 9.17) is 5.11 Å². The first kappa shape index (κ1) is 15.7. The number of benzene rings is 1. The van der Waals surface area contributed by atoms with Crippen molar-refractivity contribution >= 4 is 23.3 Å². The third-order valence-corrected chi connectivity index (χ3v) is 3.65. The largest absolute Gasteiger partial charge is 0.481 e. The zero-order valence-corrected chi connectivity index (χ0v) is 11.9. The molecule has 1 heterocycles. The van der Waals surface area contributed by atoms with E-state index in [-0.39, 0.29) is 30.4 Å². The Morgan fingerprint density at radius 1 is 1.41 bits per heavy atom. The number of carboxylic acids is 1. The predicted octanol–water partition coefficient (Wildman–Crippen LogP) is 1.33. The van der Waals surface area contributed by atoms with E-state index in [0.717, 1.165) is 0 Å². The van der Waals surface area contributed by atoms with Gasteiger partial charge in [0.25, 0.3) is 5.69 Å². The van der Waals surface area contributed by atoms with Crippen molar-refractivity contribution in [2.75, 3.05) is 25.0 Å². The van der Waals surface area contributed by atoms with Crippen LogP contribution in [0.15, 0.2) is 24.3 Å². The fourth-order valence-electron chi connectivity index (χ4n) is 2.47. The number of nitrogens with zero attached hydrogens (tertiary/aromatic N) is 2. The number of aliphatic carboxylic acids is 1. The number of rotatable bonds is 5. The van der Waals surface area contributed by atoms with Crippen LogP contribution in [0.3, 0.4) is 0 Å². The number of carbonyl (C=O) groups is 2. The number of hydrogen-bond donors (Lipinski definition) is 2. The minimum absolute atomic E-state index is 0.0997. The summed E-state index contributed by atoms with van der Waals surface area (Å²) in [4.78, 5) is 35.0. The summed E-state index contributed by atoms with van der Waals surface area (Å²) in [6.45, 7) is 0.602. The molecule has 1 aliphatic rings. The average molecular weight is 307 g/mol. The van der Waals surface area contributed by atoms with E-state index in [1.54, 1.807) is 12.1 Å². The van der Waals surface area contributed by atoms with E-state index in [1.165, 1.54) is 17.0 Å². The number of amides is 1. The van der Waals surface area contributed by atoms with Crippen LogP contribution >= 0.6 is 0 Å². The van der Waals surface area contributed by atoms with Crippen LogP contribution in [0, 0.1) is 16.0 Å². The Labute approximate surface area is 126 Å². The molecular formula is C14H17N3O5. The molecule has 1 fully saturated rings. The molecule has 2 N–H and O–H groups in total. The second-order valence-electron chi connectivity index (χ2n) is 5.14. The van der Waals surface area contributed by atoms with Crippen molar-refractivity contribution < 1.29 is 19.6 Å². The highest BCUT2D eigenvalue weighted by molar-refractivity contribution is 5.82. The second-order valence-corrected chi connectivity index (χ2v) is 5.14. The monoisotopic (exact) mass is 307 g/mol. The molecule has 1 aromatic carbocycles. The number of nitro benzene ring substituents is 1. The third-order valence-electron chi connectivity index (χ3n) is 3.65. The van der Waals surface area contributed by atoms with Gasteiger partial charge in [-0.3, -0.25) is 19.7 Å². The molecular weight excluding hydrogens is 290 g/mol. The summed E-state index contributed by atoms with van der Waals surface area (Å²) in [7, 11) is 0. The van der Waals surface area contributed by atoms with Gasteiger partial charge in [0.2, 0.25) is 5.91 Å². The van der Waals surface area contributed by atoms with Gasteiger partial charge >= 0.3 is 5.97 Å². The molecule has 2 rings (SSSR count). The van der Waals surface area contributed by atoms with Crippen molar-refractivity contribution in [3.63, 3.8) is 0 Å². The number of carboxylic acid groups (broad SMARTS) is 1. The summed E-state index contributed by atoms with van der Waals surface area (Å²) in [5, 5.41) is 22.7. The fraction of sp³-hybridized carbons (Fsp3) is 0.429. The Morgan fingerprint density at radius 2 is 2.14 bits per heavy atom. The first-order chi connectivity index (χ1) is 10.5. The lowest BCUT2D eigenvalue weighted by molar-refractivity contribution is -0.383. The van der Waals surface area contributed by atoms with Crippen LogP contribution in [-0.2, 0) is 9.59 Å². The standard InChI is InChI=1S/C14H17N3O5/c18-13(16-7-3-4-10(9-16)14(19)20)8-15-11-5-1-2-6-12(11)17(21)22/h1-2,5-6,10,15H,3-4,7-9H2,(H,19,20). The van der Waals surface area contributed by atoms with Crippen molar-refractivity contribution in [3.8, 4) is 0 Å². The highest BCUT2D eigenvalue weighted by Gasteiger charge is 2.28. The molecule has 118 valence electrons. The molecule has 1 saturated heterocycles. The number of para-hydroxylation sites is 2. The summed E-state index contributed by atoms with van der Waals surface area (Å²) in [5.74, 6) is -1.70. The van der Waals surface area contributed by atoms with E-state index in [9.17, 15) is 19.7 Å². The van der Waals surface area contributed by atoms with Gasteiger partial charge in [0.1, 0.15) is 5.69 Å². The number of nitro groups is 1. The Balaban J connectivity index is 1.95. The topological polar surface area (TPSA) is 113 Å². The maximum atomic E-state index is 12.1. The third kappa shape index (κ3) is 3.72. The molecule has 0 aliphatic carbocycles. The second kappa shape index (κ2) is 6.88. The smallest absolute Gasteiger partial charge is 0.308 e. The number of likely N-dealkylation sites (tertiary alicyclic amines) is 1. The summed E-state index contributed by atoms with van der Waals surface area (Å²) >= 11 is 0. The van der Waals surface area contributed by atoms with Gasteiger partial charge in [-0.2, -0.15) is 0 Å². The Hall–Kier alpha value is -2.64. The molecule has 0 spiro atoms. The number of piperidine rings is 1. The van der Waals surface area contributed by atoms with Crippen molar-refractivity contribution in [1.29, 1.82) is 0 Å². The highest BCUT2D eigenvalue weighted by Crippen LogP contribution is 2.23. The van der Waals surface area contributed by atoms with E-state index in [2.05, 4.69) is 5.32 Å². The summed E-state index contributed by atoms with van der Waals surface area (Å²) in [6, 6.07) is 6.07. The number of hydrogen-bond acceptors (Lipinski definition) is 5. The number of anilines is 1. The molecule has 0 saturated carbocycles. The lowest BCUT2D eigenvalue weighted by atomic mass is 9.98. The van der Waals surface area contributed by atoms with Crippen LogP contribution in [0.25, 0.3) is 0 Å². The number of carbonyl (C=O) groups excluding carboxylic acids is 1. The molecule has 0 aromatic heterocycles. The van der Waals surface area contributed by atoms with Gasteiger partial charge in [0.15, 0.2) is 0 Å². The van der Waals surface area contributed by atoms with Crippen molar-refractivity contribution in [3.05, 3.63) is 34.4 Å². The molecule has 1 atom stereocenters. The van der Waals surface area contributed by atoms with E-state index in [0.29, 0.717) is 19.4 Å². The van der Waals surface area contributed by atoms with E-state index < -0.39 is 16.8 Å². The van der Waals surface area contributed by atoms with Gasteiger partial charge in [-0.25, -0.2) is 0 Å². The van der Waals surface area contributed by atoms with E-state index in [1.807, 2.05) is 0 Å². The van der Waals surface area contributed by atoms with Crippen molar-refractivity contribution in [2.24, 2.45) is 5.92 Å². The van der Waals surface area contributed by atoms with E-state index >= 15 is 0 Å². The SMILES string of the molecule is O=C(O)C1CCCN(C(=O)CNc2ccccc2[N+](=O)[O-])C1. The highest BCUT2D eigenvalue weighted by atomic mass is 16.6. The van der Waals surface area contributed by atoms with Gasteiger partial charge in [-0.1, -0.05) is 12.1 Å². The first-order valence-electron chi connectivity index (χ1n) is 6.97. The van der Waals surface area contributed by atoms with Gasteiger partial charge in [-0.15, -0.1) is 0 Å². The van der Waals surface area contributed by atoms with Gasteiger partial charge in [0.05, 0.1) is 17.4 Å². The Bertz CT molecular complexity index is 590. The number of nitrogens with one attached hydrogen (secondary N) is 1. The van der Waals surface area contributed by atoms with Crippen LogP contribution in [0.4, 0.5) is 11.4 Å². The van der Waals surface area contributed by atoms with Gasteiger partial charge in [-0.05, 0) is 18.9 Å². The molecule has 22 heavy (non-hydrogen) atoms. The van der Waals surface area contributed by atoms with Crippen LogP contribution in [0.5, 0.6) is 0 Å². The van der Waals surface area contributed by atoms with Crippen LogP contribution < -0.4 is 5.32 Å². The summed E-state index contributed by atoms with van der Waals surface area (Å²) < 4.78 is 0. The normalized spacial score (nSPS) is 17.8. The predicted molar refractivity (Wildman–Crippen MR) is 78.5 cm³/mol. The zero-order chi connectivity index (χ0) is 16.1. The average Bonchev–Trinajstić information content (AvgIpc) is 2.52. The molecule has 1 aliphatic heterocycles. The quantitative estimate of drug-likeness (QED) is 0.627. The van der Waals surface area contributed by atoms with Gasteiger partial charge < -0.3 is 15.3 Å². The van der Waals surface area contributed by atoms with Gasteiger partial charge in [0, 0.05) is 19.2 Å². The molecule has 8 heteroatoms. The minimum Gasteiger partial charge on any atom is -0.481 e. The Kier molecular flexibility index (Phi) is 4.92.